The Morgan fingerprint density at radius 3 is 0.672 bits per heavy atom. The van der Waals surface area contributed by atoms with Crippen LogP contribution in [0.25, 0.3) is 0 Å². The number of carbonyl (C=O) groups excluding carboxylic acids is 3. The van der Waals surface area contributed by atoms with Gasteiger partial charge < -0.3 is 14.2 Å². The second-order valence-electron chi connectivity index (χ2n) is 21.4. The summed E-state index contributed by atoms with van der Waals surface area (Å²) in [6.07, 6.45) is 50.9. The van der Waals surface area contributed by atoms with Crippen LogP contribution in [0.1, 0.15) is 318 Å². The summed E-state index contributed by atoms with van der Waals surface area (Å²) in [7, 11) is 0. The number of hydrogen-bond acceptors (Lipinski definition) is 6. The third-order valence-corrected chi connectivity index (χ3v) is 13.1. The van der Waals surface area contributed by atoms with Crippen LogP contribution < -0.4 is 0 Å². The smallest absolute Gasteiger partial charge is 0.306 e. The van der Waals surface area contributed by atoms with Gasteiger partial charge >= 0.3 is 17.9 Å². The fraction of sp³-hybridized carbons (Fsp3) is 0.948. The number of carbonyl (C=O) groups is 3. The molecule has 0 aliphatic heterocycles. The van der Waals surface area contributed by atoms with Crippen LogP contribution in [-0.4, -0.2) is 37.2 Å². The maximum Gasteiger partial charge on any atom is 0.306 e. The molecule has 0 fully saturated rings. The first kappa shape index (κ1) is 62.4. The predicted molar refractivity (Wildman–Crippen MR) is 275 cm³/mol. The average molecular weight is 906 g/mol. The maximum atomic E-state index is 12.8. The minimum absolute atomic E-state index is 0.0637. The Balaban J connectivity index is 4.31. The largest absolute Gasteiger partial charge is 0.462 e. The first-order chi connectivity index (χ1) is 31.1. The molecule has 0 aromatic carbocycles. The van der Waals surface area contributed by atoms with E-state index in [0.29, 0.717) is 19.3 Å². The van der Waals surface area contributed by atoms with Crippen LogP contribution in [0, 0.1) is 17.8 Å². The summed E-state index contributed by atoms with van der Waals surface area (Å²) < 4.78 is 16.9. The Morgan fingerprint density at radius 2 is 0.453 bits per heavy atom. The minimum Gasteiger partial charge on any atom is -0.462 e. The second kappa shape index (κ2) is 49.3. The molecule has 0 unspecified atom stereocenters. The summed E-state index contributed by atoms with van der Waals surface area (Å²) in [5.41, 5.74) is 0. The van der Waals surface area contributed by atoms with Gasteiger partial charge in [-0.1, -0.05) is 279 Å². The van der Waals surface area contributed by atoms with E-state index in [1.54, 1.807) is 0 Å². The summed E-state index contributed by atoms with van der Waals surface area (Å²) in [4.78, 5) is 38.1. The Hall–Kier alpha value is -1.59. The molecule has 64 heavy (non-hydrogen) atoms. The van der Waals surface area contributed by atoms with E-state index in [1.807, 2.05) is 0 Å². The number of ether oxygens (including phenoxy) is 3. The molecular formula is C58H112O6. The van der Waals surface area contributed by atoms with Gasteiger partial charge in [0.2, 0.25) is 0 Å². The van der Waals surface area contributed by atoms with Crippen LogP contribution in [0.2, 0.25) is 0 Å². The zero-order chi connectivity index (χ0) is 47.0. The Bertz CT molecular complexity index is 991. The first-order valence-electron chi connectivity index (χ1n) is 28.6. The SMILES string of the molecule is CC(C)CCCCCCCCCCCCCCCCC(=O)O[C@H](COC(=O)CCCCCCCCCCCCCCC(C)C)COC(=O)CCCCCCCCCCCCCC(C)C. The fourth-order valence-electron chi connectivity index (χ4n) is 8.82. The predicted octanol–water partition coefficient (Wildman–Crippen LogP) is 18.7. The van der Waals surface area contributed by atoms with Gasteiger partial charge in [-0.25, -0.2) is 0 Å². The summed E-state index contributed by atoms with van der Waals surface area (Å²) in [6.45, 7) is 13.8. The van der Waals surface area contributed by atoms with E-state index >= 15 is 0 Å². The molecule has 380 valence electrons. The molecule has 1 atom stereocenters. The van der Waals surface area contributed by atoms with Gasteiger partial charge in [-0.05, 0) is 37.0 Å². The van der Waals surface area contributed by atoms with Crippen molar-refractivity contribution in [2.45, 2.75) is 324 Å². The van der Waals surface area contributed by atoms with E-state index in [1.165, 1.54) is 199 Å². The zero-order valence-corrected chi connectivity index (χ0v) is 44.1. The lowest BCUT2D eigenvalue weighted by Crippen LogP contribution is -2.30. The van der Waals surface area contributed by atoms with Crippen LogP contribution in [0.4, 0.5) is 0 Å². The number of esters is 3. The van der Waals surface area contributed by atoms with E-state index in [4.69, 9.17) is 14.2 Å². The molecule has 0 saturated carbocycles. The Morgan fingerprint density at radius 1 is 0.266 bits per heavy atom. The Labute approximate surface area is 399 Å². The van der Waals surface area contributed by atoms with Gasteiger partial charge in [-0.2, -0.15) is 0 Å². The zero-order valence-electron chi connectivity index (χ0n) is 44.1. The van der Waals surface area contributed by atoms with E-state index in [9.17, 15) is 14.4 Å². The summed E-state index contributed by atoms with van der Waals surface area (Å²) in [6, 6.07) is 0. The van der Waals surface area contributed by atoms with Crippen molar-refractivity contribution in [3.05, 3.63) is 0 Å². The van der Waals surface area contributed by atoms with Crippen molar-refractivity contribution in [3.63, 3.8) is 0 Å². The lowest BCUT2D eigenvalue weighted by atomic mass is 10.0. The molecule has 0 amide bonds. The highest BCUT2D eigenvalue weighted by Crippen LogP contribution is 2.18. The molecule has 0 heterocycles. The quantitative estimate of drug-likeness (QED) is 0.0344. The molecule has 0 bridgehead atoms. The molecule has 0 saturated heterocycles. The highest BCUT2D eigenvalue weighted by atomic mass is 16.6. The van der Waals surface area contributed by atoms with Gasteiger partial charge in [-0.15, -0.1) is 0 Å². The molecule has 0 aromatic heterocycles. The molecule has 0 radical (unpaired) electrons. The normalized spacial score (nSPS) is 12.1. The van der Waals surface area contributed by atoms with Crippen LogP contribution in [0.5, 0.6) is 0 Å². The van der Waals surface area contributed by atoms with E-state index < -0.39 is 6.10 Å². The molecule has 0 spiro atoms. The second-order valence-corrected chi connectivity index (χ2v) is 21.4. The van der Waals surface area contributed by atoms with Gasteiger partial charge in [0.1, 0.15) is 13.2 Å². The molecule has 0 aliphatic carbocycles. The van der Waals surface area contributed by atoms with Crippen molar-refractivity contribution in [1.29, 1.82) is 0 Å². The molecule has 6 nitrogen and oxygen atoms in total. The average Bonchev–Trinajstić information content (AvgIpc) is 3.25. The van der Waals surface area contributed by atoms with Gasteiger partial charge in [0.05, 0.1) is 0 Å². The van der Waals surface area contributed by atoms with E-state index in [-0.39, 0.29) is 31.1 Å². The summed E-state index contributed by atoms with van der Waals surface area (Å²) >= 11 is 0. The summed E-state index contributed by atoms with van der Waals surface area (Å²) in [5, 5.41) is 0. The highest BCUT2D eigenvalue weighted by Gasteiger charge is 2.19. The molecule has 0 aromatic rings. The van der Waals surface area contributed by atoms with Crippen molar-refractivity contribution in [3.8, 4) is 0 Å². The van der Waals surface area contributed by atoms with Gasteiger partial charge in [-0.3, -0.25) is 14.4 Å². The van der Waals surface area contributed by atoms with Crippen molar-refractivity contribution < 1.29 is 28.6 Å². The third kappa shape index (κ3) is 51.4. The number of unbranched alkanes of at least 4 members (excludes halogenated alkanes) is 34. The van der Waals surface area contributed by atoms with Gasteiger partial charge in [0.15, 0.2) is 6.10 Å². The highest BCUT2D eigenvalue weighted by molar-refractivity contribution is 5.71. The van der Waals surface area contributed by atoms with E-state index in [0.717, 1.165) is 75.5 Å². The van der Waals surface area contributed by atoms with Crippen LogP contribution in [0.15, 0.2) is 0 Å². The van der Waals surface area contributed by atoms with Crippen LogP contribution in [0.3, 0.4) is 0 Å². The van der Waals surface area contributed by atoms with E-state index in [2.05, 4.69) is 41.5 Å². The molecule has 0 rings (SSSR count). The van der Waals surface area contributed by atoms with Crippen LogP contribution >= 0.6 is 0 Å². The summed E-state index contributed by atoms with van der Waals surface area (Å²) in [5.74, 6) is 1.66. The minimum atomic E-state index is -0.763. The van der Waals surface area contributed by atoms with Crippen LogP contribution in [-0.2, 0) is 28.6 Å². The number of rotatable bonds is 51. The first-order valence-corrected chi connectivity index (χ1v) is 28.6. The molecule has 0 aliphatic rings. The third-order valence-electron chi connectivity index (χ3n) is 13.1. The molecule has 6 heteroatoms. The van der Waals surface area contributed by atoms with Crippen molar-refractivity contribution in [1.82, 2.24) is 0 Å². The molecular weight excluding hydrogens is 793 g/mol. The Kier molecular flexibility index (Phi) is 48.1. The van der Waals surface area contributed by atoms with Crippen molar-refractivity contribution >= 4 is 17.9 Å². The molecule has 0 N–H and O–H groups in total. The van der Waals surface area contributed by atoms with Crippen molar-refractivity contribution in [2.24, 2.45) is 17.8 Å². The lowest BCUT2D eigenvalue weighted by molar-refractivity contribution is -0.167. The topological polar surface area (TPSA) is 78.9 Å². The van der Waals surface area contributed by atoms with Crippen molar-refractivity contribution in [2.75, 3.05) is 13.2 Å². The monoisotopic (exact) mass is 905 g/mol. The lowest BCUT2D eigenvalue weighted by Gasteiger charge is -2.18. The maximum absolute atomic E-state index is 12.8. The van der Waals surface area contributed by atoms with Gasteiger partial charge in [0, 0.05) is 19.3 Å². The fourth-order valence-corrected chi connectivity index (χ4v) is 8.82. The standard InChI is InChI=1S/C58H112O6/c1-52(2)44-38-32-26-20-14-9-7-8-10-18-25-31-37-43-49-58(61)64-55(51-63-57(60)48-42-36-30-24-19-13-16-22-28-34-40-46-54(5)6)50-62-56(59)47-41-35-29-23-17-12-11-15-21-27-33-39-45-53(3)4/h52-55H,7-51H2,1-6H3/t55-/m1/s1. The van der Waals surface area contributed by atoms with Gasteiger partial charge in [0.25, 0.3) is 0 Å². The number of hydrogen-bond donors (Lipinski definition) is 0.